The molecular weight excluding hydrogens is 430 g/mol. The Labute approximate surface area is 159 Å². The monoisotopic (exact) mass is 438 g/mol. The van der Waals surface area contributed by atoms with Crippen LogP contribution in [0, 0.1) is 5.41 Å². The minimum absolute atomic E-state index is 0. The molecule has 1 aliphatic rings. The molecular formula is C15H11BrCl4N2. The van der Waals surface area contributed by atoms with Crippen molar-refractivity contribution in [3.8, 4) is 0 Å². The fraction of sp³-hybridized carbons (Fsp3) is 0.133. The molecule has 0 atom stereocenters. The molecule has 0 amide bonds. The Morgan fingerprint density at radius 2 is 1.50 bits per heavy atom. The molecule has 7 heteroatoms. The van der Waals surface area contributed by atoms with Gasteiger partial charge in [-0.25, -0.2) is 0 Å². The molecule has 1 heterocycles. The highest BCUT2D eigenvalue weighted by Crippen LogP contribution is 2.32. The van der Waals surface area contributed by atoms with Crippen molar-refractivity contribution >= 4 is 69.2 Å². The van der Waals surface area contributed by atoms with Crippen molar-refractivity contribution in [2.75, 3.05) is 0 Å². The summed E-state index contributed by atoms with van der Waals surface area (Å²) in [5.74, 6) is 0.430. The highest BCUT2D eigenvalue weighted by Gasteiger charge is 2.25. The average molecular weight is 441 g/mol. The van der Waals surface area contributed by atoms with Gasteiger partial charge in [-0.05, 0) is 41.5 Å². The summed E-state index contributed by atoms with van der Waals surface area (Å²) in [6.07, 6.45) is 0. The Balaban J connectivity index is 0.00000176. The van der Waals surface area contributed by atoms with E-state index < -0.39 is 0 Å². The summed E-state index contributed by atoms with van der Waals surface area (Å²) in [6, 6.07) is 8.95. The number of benzene rings is 2. The molecule has 3 rings (SSSR count). The lowest BCUT2D eigenvalue weighted by atomic mass is 10.1. The van der Waals surface area contributed by atoms with Crippen LogP contribution in [0.5, 0.6) is 0 Å². The molecule has 1 aliphatic heterocycles. The van der Waals surface area contributed by atoms with Crippen molar-refractivity contribution in [1.29, 1.82) is 5.41 Å². The molecule has 0 saturated carbocycles. The van der Waals surface area contributed by atoms with Gasteiger partial charge in [0.1, 0.15) is 5.84 Å². The number of nitrogens with one attached hydrogen (secondary N) is 1. The van der Waals surface area contributed by atoms with Crippen molar-refractivity contribution in [2.45, 2.75) is 13.1 Å². The van der Waals surface area contributed by atoms with Gasteiger partial charge < -0.3 is 4.90 Å². The van der Waals surface area contributed by atoms with Gasteiger partial charge in [0.05, 0.1) is 10.0 Å². The summed E-state index contributed by atoms with van der Waals surface area (Å²) in [7, 11) is 0. The Kier molecular flexibility index (Phi) is 5.68. The third kappa shape index (κ3) is 3.55. The predicted octanol–water partition coefficient (Wildman–Crippen LogP) is 6.22. The van der Waals surface area contributed by atoms with Crippen molar-refractivity contribution < 1.29 is 0 Å². The Hall–Kier alpha value is -0.450. The number of fused-ring (bicyclic) bond motifs is 1. The number of nitrogens with zero attached hydrogens (tertiary/aromatic N) is 1. The zero-order valence-corrected chi connectivity index (χ0v) is 15.9. The largest absolute Gasteiger partial charge is 0.348 e. The Morgan fingerprint density at radius 3 is 2.14 bits per heavy atom. The van der Waals surface area contributed by atoms with Crippen LogP contribution in [0.15, 0.2) is 30.3 Å². The summed E-state index contributed by atoms with van der Waals surface area (Å²) in [6.45, 7) is 1.18. The molecule has 0 aromatic heterocycles. The van der Waals surface area contributed by atoms with Crippen LogP contribution in [0.25, 0.3) is 0 Å². The second kappa shape index (κ2) is 6.98. The number of halogens is 5. The lowest BCUT2D eigenvalue weighted by Gasteiger charge is -2.18. The molecule has 1 N–H and O–H groups in total. The van der Waals surface area contributed by atoms with E-state index >= 15 is 0 Å². The maximum Gasteiger partial charge on any atom is 0.129 e. The van der Waals surface area contributed by atoms with E-state index in [0.29, 0.717) is 39.0 Å². The van der Waals surface area contributed by atoms with E-state index in [4.69, 9.17) is 51.8 Å². The van der Waals surface area contributed by atoms with E-state index in [1.807, 2.05) is 23.1 Å². The van der Waals surface area contributed by atoms with Crippen LogP contribution >= 0.6 is 63.4 Å². The van der Waals surface area contributed by atoms with E-state index in [2.05, 4.69) is 0 Å². The number of hydrogen-bond donors (Lipinski definition) is 1. The summed E-state index contributed by atoms with van der Waals surface area (Å²) < 4.78 is 0. The van der Waals surface area contributed by atoms with Crippen molar-refractivity contribution in [3.05, 3.63) is 67.1 Å². The van der Waals surface area contributed by atoms with E-state index in [9.17, 15) is 0 Å². The lowest BCUT2D eigenvalue weighted by molar-refractivity contribution is 0.422. The molecule has 0 unspecified atom stereocenters. The summed E-state index contributed by atoms with van der Waals surface area (Å²) in [5.41, 5.74) is 2.78. The molecule has 0 aliphatic carbocycles. The third-order valence-electron chi connectivity index (χ3n) is 3.37. The lowest BCUT2D eigenvalue weighted by Crippen LogP contribution is -2.23. The molecule has 2 aromatic carbocycles. The second-order valence-corrected chi connectivity index (χ2v) is 6.59. The smallest absolute Gasteiger partial charge is 0.129 e. The highest BCUT2D eigenvalue weighted by molar-refractivity contribution is 8.93. The van der Waals surface area contributed by atoms with Gasteiger partial charge >= 0.3 is 0 Å². The molecule has 116 valence electrons. The quantitative estimate of drug-likeness (QED) is 0.589. The molecule has 0 saturated heterocycles. The first-order valence-corrected chi connectivity index (χ1v) is 7.72. The zero-order chi connectivity index (χ0) is 15.1. The number of amidine groups is 1. The van der Waals surface area contributed by atoms with Gasteiger partial charge in [-0.15, -0.1) is 17.0 Å². The van der Waals surface area contributed by atoms with Crippen molar-refractivity contribution in [3.63, 3.8) is 0 Å². The Morgan fingerprint density at radius 1 is 0.909 bits per heavy atom. The van der Waals surface area contributed by atoms with Gasteiger partial charge in [0.2, 0.25) is 0 Å². The molecule has 0 fully saturated rings. The maximum absolute atomic E-state index is 8.27. The van der Waals surface area contributed by atoms with Crippen LogP contribution in [0.3, 0.4) is 0 Å². The summed E-state index contributed by atoms with van der Waals surface area (Å²) >= 11 is 24.1. The van der Waals surface area contributed by atoms with Gasteiger partial charge in [-0.1, -0.05) is 46.4 Å². The first-order chi connectivity index (χ1) is 9.94. The SMILES string of the molecule is Br.N=C1c2cc(Cl)c(Cl)cc2CN1Cc1cc(Cl)cc(Cl)c1. The van der Waals surface area contributed by atoms with Gasteiger partial charge in [0.25, 0.3) is 0 Å². The first-order valence-electron chi connectivity index (χ1n) is 6.21. The third-order valence-corrected chi connectivity index (χ3v) is 4.53. The second-order valence-electron chi connectivity index (χ2n) is 4.91. The van der Waals surface area contributed by atoms with Gasteiger partial charge in [0, 0.05) is 28.7 Å². The van der Waals surface area contributed by atoms with Crippen LogP contribution in [-0.4, -0.2) is 10.7 Å². The van der Waals surface area contributed by atoms with Crippen molar-refractivity contribution in [2.24, 2.45) is 0 Å². The number of rotatable bonds is 2. The fourth-order valence-electron chi connectivity index (χ4n) is 2.45. The minimum Gasteiger partial charge on any atom is -0.348 e. The zero-order valence-electron chi connectivity index (χ0n) is 11.2. The molecule has 0 bridgehead atoms. The van der Waals surface area contributed by atoms with Crippen LogP contribution in [0.2, 0.25) is 20.1 Å². The molecule has 0 spiro atoms. The summed E-state index contributed by atoms with van der Waals surface area (Å²) in [4.78, 5) is 1.93. The first kappa shape index (κ1) is 17.9. The molecule has 2 aromatic rings. The Bertz CT molecular complexity index is 728. The highest BCUT2D eigenvalue weighted by atomic mass is 79.9. The molecule has 2 nitrogen and oxygen atoms in total. The minimum atomic E-state index is 0. The van der Waals surface area contributed by atoms with E-state index in [0.717, 1.165) is 16.7 Å². The van der Waals surface area contributed by atoms with Gasteiger partial charge in [-0.2, -0.15) is 0 Å². The standard InChI is InChI=1S/C15H10Cl4N2.BrH/c16-10-1-8(2-11(17)4-10)6-21-7-9-3-13(18)14(19)5-12(9)15(21)20;/h1-5,20H,6-7H2;1H. The fourth-order valence-corrected chi connectivity index (χ4v) is 3.37. The van der Waals surface area contributed by atoms with Crippen LogP contribution in [0.4, 0.5) is 0 Å². The topological polar surface area (TPSA) is 27.1 Å². The molecule has 22 heavy (non-hydrogen) atoms. The maximum atomic E-state index is 8.27. The number of hydrogen-bond acceptors (Lipinski definition) is 1. The average Bonchev–Trinajstić information content (AvgIpc) is 2.66. The molecule has 0 radical (unpaired) electrons. The van der Waals surface area contributed by atoms with Gasteiger partial charge in [0.15, 0.2) is 0 Å². The van der Waals surface area contributed by atoms with E-state index in [1.165, 1.54) is 0 Å². The van der Waals surface area contributed by atoms with Crippen LogP contribution in [-0.2, 0) is 13.1 Å². The van der Waals surface area contributed by atoms with Crippen molar-refractivity contribution in [1.82, 2.24) is 4.90 Å². The van der Waals surface area contributed by atoms with Crippen LogP contribution < -0.4 is 0 Å². The summed E-state index contributed by atoms with van der Waals surface area (Å²) in [5, 5.41) is 10.4. The van der Waals surface area contributed by atoms with E-state index in [1.54, 1.807) is 12.1 Å². The van der Waals surface area contributed by atoms with E-state index in [-0.39, 0.29) is 17.0 Å². The van der Waals surface area contributed by atoms with Gasteiger partial charge in [-0.3, -0.25) is 5.41 Å². The predicted molar refractivity (Wildman–Crippen MR) is 99.3 cm³/mol. The van der Waals surface area contributed by atoms with Crippen LogP contribution in [0.1, 0.15) is 16.7 Å². The normalized spacial score (nSPS) is 13.1.